The van der Waals surface area contributed by atoms with Gasteiger partial charge in [0.15, 0.2) is 6.61 Å². The second-order valence-electron chi connectivity index (χ2n) is 9.99. The zero-order valence-electron chi connectivity index (χ0n) is 22.6. The van der Waals surface area contributed by atoms with Crippen LogP contribution in [0.15, 0.2) is 43.0 Å². The van der Waals surface area contributed by atoms with E-state index in [1.807, 2.05) is 0 Å². The van der Waals surface area contributed by atoms with E-state index in [0.29, 0.717) is 23.3 Å². The summed E-state index contributed by atoms with van der Waals surface area (Å²) in [7, 11) is 1.68. The Morgan fingerprint density at radius 3 is 2.05 bits per heavy atom. The van der Waals surface area contributed by atoms with Gasteiger partial charge in [-0.15, -0.1) is 0 Å². The van der Waals surface area contributed by atoms with E-state index in [9.17, 15) is 44.3 Å². The fourth-order valence-corrected chi connectivity index (χ4v) is 4.81. The number of likely N-dealkylation sites (tertiary alicyclic amines) is 1. The van der Waals surface area contributed by atoms with Gasteiger partial charge < -0.3 is 14.5 Å². The lowest BCUT2D eigenvalue weighted by atomic mass is 10.0. The Kier molecular flexibility index (Phi) is 8.83. The summed E-state index contributed by atoms with van der Waals surface area (Å²) in [6.07, 6.45) is -9.81. The van der Waals surface area contributed by atoms with Crippen LogP contribution in [0.2, 0.25) is 0 Å². The maximum Gasteiger partial charge on any atom is 0.422 e. The summed E-state index contributed by atoms with van der Waals surface area (Å²) in [5.41, 5.74) is -2.24. The van der Waals surface area contributed by atoms with Crippen LogP contribution < -0.4 is 4.90 Å². The number of benzene rings is 1. The lowest BCUT2D eigenvalue weighted by Crippen LogP contribution is -2.41. The van der Waals surface area contributed by atoms with E-state index < -0.39 is 61.0 Å². The van der Waals surface area contributed by atoms with E-state index in [-0.39, 0.29) is 37.0 Å². The molecule has 1 aliphatic rings. The number of ether oxygens (including phenoxy) is 1. The molecule has 3 aromatic rings. The van der Waals surface area contributed by atoms with Crippen LogP contribution in [0.3, 0.4) is 0 Å². The van der Waals surface area contributed by atoms with Gasteiger partial charge in [-0.05, 0) is 36.6 Å². The Morgan fingerprint density at radius 1 is 0.953 bits per heavy atom. The van der Waals surface area contributed by atoms with Gasteiger partial charge in [0.05, 0.1) is 23.4 Å². The summed E-state index contributed by atoms with van der Waals surface area (Å²) < 4.78 is 125. The van der Waals surface area contributed by atoms with E-state index in [1.165, 1.54) is 28.2 Å². The molecule has 2 aromatic heterocycles. The van der Waals surface area contributed by atoms with Crippen LogP contribution in [-0.2, 0) is 30.7 Å². The van der Waals surface area contributed by atoms with Gasteiger partial charge in [0.25, 0.3) is 0 Å². The first kappa shape index (κ1) is 31.9. The molecular formula is C26H25F9N6O2. The van der Waals surface area contributed by atoms with E-state index in [0.717, 1.165) is 4.90 Å². The number of alkyl halides is 9. The number of hydrogen-bond donors (Lipinski definition) is 0. The molecule has 0 spiro atoms. The molecule has 1 amide bonds. The molecule has 0 saturated carbocycles. The normalized spacial score (nSPS) is 17.8. The van der Waals surface area contributed by atoms with Gasteiger partial charge in [-0.25, -0.2) is 14.8 Å². The summed E-state index contributed by atoms with van der Waals surface area (Å²) in [5.74, 6) is -0.0797. The Balaban J connectivity index is 1.71. The quantitative estimate of drug-likeness (QED) is 0.281. The fourth-order valence-electron chi connectivity index (χ4n) is 4.81. The second kappa shape index (κ2) is 11.9. The number of halogens is 9. The highest BCUT2D eigenvalue weighted by Crippen LogP contribution is 2.37. The third-order valence-corrected chi connectivity index (χ3v) is 6.83. The number of rotatable bonds is 7. The highest BCUT2D eigenvalue weighted by atomic mass is 19.4. The molecule has 43 heavy (non-hydrogen) atoms. The molecule has 17 heteroatoms. The second-order valence-corrected chi connectivity index (χ2v) is 9.99. The zero-order chi connectivity index (χ0) is 31.7. The molecule has 1 aromatic carbocycles. The van der Waals surface area contributed by atoms with Crippen molar-refractivity contribution in [3.8, 4) is 11.1 Å². The highest BCUT2D eigenvalue weighted by Gasteiger charge is 2.41. The van der Waals surface area contributed by atoms with Gasteiger partial charge in [0.2, 0.25) is 5.95 Å². The first-order valence-electron chi connectivity index (χ1n) is 12.8. The number of carbonyl (C=O) groups is 1. The van der Waals surface area contributed by atoms with Crippen molar-refractivity contribution in [2.75, 3.05) is 18.1 Å². The van der Waals surface area contributed by atoms with E-state index in [1.54, 1.807) is 20.2 Å². The van der Waals surface area contributed by atoms with Crippen molar-refractivity contribution in [1.29, 1.82) is 0 Å². The van der Waals surface area contributed by atoms with Gasteiger partial charge >= 0.3 is 24.6 Å². The fraction of sp³-hybridized carbons (Fsp3) is 0.462. The van der Waals surface area contributed by atoms with Crippen molar-refractivity contribution in [2.24, 2.45) is 7.05 Å². The number of hydrogen-bond acceptors (Lipinski definition) is 6. The highest BCUT2D eigenvalue weighted by molar-refractivity contribution is 5.69. The van der Waals surface area contributed by atoms with Crippen molar-refractivity contribution in [1.82, 2.24) is 24.6 Å². The first-order chi connectivity index (χ1) is 19.9. The van der Waals surface area contributed by atoms with Crippen molar-refractivity contribution >= 4 is 12.0 Å². The van der Waals surface area contributed by atoms with Gasteiger partial charge in [0, 0.05) is 55.9 Å². The number of amides is 1. The molecule has 0 N–H and O–H groups in total. The average molecular weight is 625 g/mol. The molecule has 0 radical (unpaired) electrons. The van der Waals surface area contributed by atoms with Crippen molar-refractivity contribution < 1.29 is 49.0 Å². The Labute approximate surface area is 239 Å². The van der Waals surface area contributed by atoms with E-state index in [2.05, 4.69) is 19.8 Å². The van der Waals surface area contributed by atoms with Gasteiger partial charge in [0.1, 0.15) is 0 Å². The van der Waals surface area contributed by atoms with Gasteiger partial charge in [-0.3, -0.25) is 4.68 Å². The van der Waals surface area contributed by atoms with Gasteiger partial charge in [-0.2, -0.15) is 44.6 Å². The number of aryl methyl sites for hydroxylation is 1. The lowest BCUT2D eigenvalue weighted by molar-refractivity contribution is -0.162. The summed E-state index contributed by atoms with van der Waals surface area (Å²) in [4.78, 5) is 23.5. The van der Waals surface area contributed by atoms with Crippen LogP contribution in [0.25, 0.3) is 11.1 Å². The molecule has 1 saturated heterocycles. The number of anilines is 1. The topological polar surface area (TPSA) is 76.4 Å². The molecule has 1 aliphatic heterocycles. The maximum atomic E-state index is 13.5. The SMILES string of the molecule is CC[C@@H]1C[C@H](N(Cc2cc(C(F)(F)F)cc(C(F)(F)F)c2)c2ncc(-c3cnn(C)c3)cn2)CN1C(=O)OCC(F)(F)F. The van der Waals surface area contributed by atoms with E-state index in [4.69, 9.17) is 0 Å². The molecule has 4 rings (SSSR count). The zero-order valence-corrected chi connectivity index (χ0v) is 22.6. The third kappa shape index (κ3) is 7.87. The molecule has 1 fully saturated rings. The number of aromatic nitrogens is 4. The van der Waals surface area contributed by atoms with Crippen molar-refractivity contribution in [2.45, 2.75) is 56.9 Å². The molecule has 0 unspecified atom stereocenters. The molecular weight excluding hydrogens is 599 g/mol. The van der Waals surface area contributed by atoms with E-state index >= 15 is 0 Å². The molecule has 8 nitrogen and oxygen atoms in total. The van der Waals surface area contributed by atoms with Crippen LogP contribution in [0.5, 0.6) is 0 Å². The summed E-state index contributed by atoms with van der Waals surface area (Å²) in [6, 6.07) is -0.262. The summed E-state index contributed by atoms with van der Waals surface area (Å²) in [5, 5.41) is 4.05. The standard InChI is InChI=1S/C26H25F9N6O2/c1-3-20-7-21(13-41(20)23(42)43-14-24(27,28)29)40(22-36-8-16(9-37-22)17-10-38-39(2)12-17)11-15-4-18(25(30,31)32)6-19(5-15)26(33,34)35/h4-6,8-10,12,20-21H,3,7,11,13-14H2,1-2H3/t20-,21+/m1/s1. The molecule has 234 valence electrons. The van der Waals surface area contributed by atoms with Gasteiger partial charge in [-0.1, -0.05) is 6.92 Å². The monoisotopic (exact) mass is 624 g/mol. The molecule has 3 heterocycles. The molecule has 0 aliphatic carbocycles. The summed E-state index contributed by atoms with van der Waals surface area (Å²) in [6.45, 7) is -0.931. The predicted octanol–water partition coefficient (Wildman–Crippen LogP) is 6.47. The van der Waals surface area contributed by atoms with Crippen LogP contribution in [0.1, 0.15) is 36.5 Å². The first-order valence-corrected chi connectivity index (χ1v) is 12.8. The minimum Gasteiger partial charge on any atom is -0.440 e. The Hall–Kier alpha value is -4.05. The molecule has 0 bridgehead atoms. The Morgan fingerprint density at radius 2 is 1.56 bits per heavy atom. The maximum absolute atomic E-state index is 13.5. The molecule has 2 atom stereocenters. The van der Waals surface area contributed by atoms with Crippen molar-refractivity contribution in [3.05, 3.63) is 59.7 Å². The predicted molar refractivity (Wildman–Crippen MR) is 133 cm³/mol. The number of nitrogens with zero attached hydrogens (tertiary/aromatic N) is 6. The largest absolute Gasteiger partial charge is 0.440 e. The van der Waals surface area contributed by atoms with Crippen LogP contribution in [-0.4, -0.2) is 62.2 Å². The van der Waals surface area contributed by atoms with Crippen LogP contribution in [0.4, 0.5) is 50.3 Å². The lowest BCUT2D eigenvalue weighted by Gasteiger charge is -2.29. The van der Waals surface area contributed by atoms with Crippen molar-refractivity contribution in [3.63, 3.8) is 0 Å². The van der Waals surface area contributed by atoms with Crippen LogP contribution in [0, 0.1) is 0 Å². The minimum absolute atomic E-state index is 0.00804. The Bertz CT molecular complexity index is 1390. The van der Waals surface area contributed by atoms with Crippen LogP contribution >= 0.6 is 0 Å². The smallest absolute Gasteiger partial charge is 0.422 e. The number of carbonyl (C=O) groups excluding carboxylic acids is 1. The third-order valence-electron chi connectivity index (χ3n) is 6.83. The average Bonchev–Trinajstić information content (AvgIpc) is 3.55. The summed E-state index contributed by atoms with van der Waals surface area (Å²) >= 11 is 0. The minimum atomic E-state index is -5.08.